The predicted octanol–water partition coefficient (Wildman–Crippen LogP) is 3.16. The first kappa shape index (κ1) is 21.5. The average Bonchev–Trinajstić information content (AvgIpc) is 2.70. The minimum absolute atomic E-state index is 0.00179. The van der Waals surface area contributed by atoms with E-state index in [0.29, 0.717) is 29.2 Å². The number of hydrogen-bond donors (Lipinski definition) is 1. The molecule has 0 saturated carbocycles. The number of sulfonamides is 1. The summed E-state index contributed by atoms with van der Waals surface area (Å²) in [6.07, 6.45) is 0.243. The molecular formula is C19H19BrFNO6S. The molecular weight excluding hydrogens is 469 g/mol. The van der Waals surface area contributed by atoms with Gasteiger partial charge in [-0.05, 0) is 30.7 Å². The van der Waals surface area contributed by atoms with Crippen molar-refractivity contribution in [3.05, 3.63) is 52.3 Å². The van der Waals surface area contributed by atoms with E-state index in [1.807, 2.05) is 0 Å². The monoisotopic (exact) mass is 487 g/mol. The zero-order valence-corrected chi connectivity index (χ0v) is 17.7. The highest BCUT2D eigenvalue weighted by Crippen LogP contribution is 2.32. The van der Waals surface area contributed by atoms with Gasteiger partial charge in [0.1, 0.15) is 25.6 Å². The quantitative estimate of drug-likeness (QED) is 0.454. The van der Waals surface area contributed by atoms with E-state index in [-0.39, 0.29) is 36.5 Å². The van der Waals surface area contributed by atoms with E-state index in [1.54, 1.807) is 12.1 Å². The first-order valence-corrected chi connectivity index (χ1v) is 11.1. The van der Waals surface area contributed by atoms with E-state index < -0.39 is 21.8 Å². The van der Waals surface area contributed by atoms with E-state index in [4.69, 9.17) is 14.2 Å². The maximum Gasteiger partial charge on any atom is 0.306 e. The van der Waals surface area contributed by atoms with Gasteiger partial charge in [-0.2, -0.15) is 0 Å². The van der Waals surface area contributed by atoms with Crippen LogP contribution in [0.3, 0.4) is 0 Å². The van der Waals surface area contributed by atoms with Crippen molar-refractivity contribution in [3.8, 4) is 11.5 Å². The number of hydrogen-bond acceptors (Lipinski definition) is 6. The van der Waals surface area contributed by atoms with E-state index >= 15 is 0 Å². The lowest BCUT2D eigenvalue weighted by molar-refractivity contribution is -0.145. The lowest BCUT2D eigenvalue weighted by atomic mass is 10.2. The number of benzene rings is 2. The Morgan fingerprint density at radius 3 is 2.66 bits per heavy atom. The maximum atomic E-state index is 13.7. The number of carbonyl (C=O) groups excluding carboxylic acids is 1. The highest BCUT2D eigenvalue weighted by Gasteiger charge is 2.19. The highest BCUT2D eigenvalue weighted by atomic mass is 79.9. The smallest absolute Gasteiger partial charge is 0.306 e. The van der Waals surface area contributed by atoms with Crippen LogP contribution < -0.4 is 14.2 Å². The number of nitrogens with one attached hydrogen (secondary N) is 1. The Bertz CT molecular complexity index is 998. The van der Waals surface area contributed by atoms with Gasteiger partial charge in [0.2, 0.25) is 10.0 Å². The summed E-state index contributed by atoms with van der Waals surface area (Å²) in [4.78, 5) is 11.8. The molecule has 1 aliphatic heterocycles. The lowest BCUT2D eigenvalue weighted by Crippen LogP contribution is -2.25. The Labute approximate surface area is 176 Å². The summed E-state index contributed by atoms with van der Waals surface area (Å²) in [5, 5.41) is 0. The SMILES string of the molecule is O=C(CCCNS(=O)(=O)c1ccc2c(c1)OCCO2)OCc1ccc(Br)cc1F. The lowest BCUT2D eigenvalue weighted by Gasteiger charge is -2.18. The van der Waals surface area contributed by atoms with Crippen LogP contribution in [0.1, 0.15) is 18.4 Å². The molecule has 0 amide bonds. The summed E-state index contributed by atoms with van der Waals surface area (Å²) < 4.78 is 57.2. The van der Waals surface area contributed by atoms with E-state index in [9.17, 15) is 17.6 Å². The van der Waals surface area contributed by atoms with Gasteiger partial charge in [-0.25, -0.2) is 17.5 Å². The molecule has 2 aromatic rings. The van der Waals surface area contributed by atoms with Crippen molar-refractivity contribution >= 4 is 31.9 Å². The second-order valence-electron chi connectivity index (χ2n) is 6.20. The topological polar surface area (TPSA) is 90.9 Å². The van der Waals surface area contributed by atoms with Crippen molar-refractivity contribution in [2.75, 3.05) is 19.8 Å². The largest absolute Gasteiger partial charge is 0.486 e. The van der Waals surface area contributed by atoms with Gasteiger partial charge in [-0.15, -0.1) is 0 Å². The Balaban J connectivity index is 1.44. The molecule has 1 aliphatic rings. The number of halogens is 2. The first-order valence-electron chi connectivity index (χ1n) is 8.84. The van der Waals surface area contributed by atoms with Gasteiger partial charge in [-0.3, -0.25) is 4.79 Å². The van der Waals surface area contributed by atoms with Crippen LogP contribution in [0.15, 0.2) is 45.8 Å². The van der Waals surface area contributed by atoms with Gasteiger partial charge < -0.3 is 14.2 Å². The molecule has 1 heterocycles. The average molecular weight is 488 g/mol. The Morgan fingerprint density at radius 2 is 1.90 bits per heavy atom. The van der Waals surface area contributed by atoms with Gasteiger partial charge in [-0.1, -0.05) is 22.0 Å². The third kappa shape index (κ3) is 5.91. The van der Waals surface area contributed by atoms with Crippen molar-refractivity contribution in [3.63, 3.8) is 0 Å². The molecule has 1 N–H and O–H groups in total. The fourth-order valence-electron chi connectivity index (χ4n) is 2.58. The van der Waals surface area contributed by atoms with Crippen molar-refractivity contribution in [1.29, 1.82) is 0 Å². The van der Waals surface area contributed by atoms with Gasteiger partial charge in [0, 0.05) is 29.1 Å². The van der Waals surface area contributed by atoms with Crippen LogP contribution in [-0.4, -0.2) is 34.1 Å². The number of carbonyl (C=O) groups is 1. The number of ether oxygens (including phenoxy) is 3. The molecule has 0 spiro atoms. The number of rotatable bonds is 8. The van der Waals surface area contributed by atoms with Crippen LogP contribution in [0.4, 0.5) is 4.39 Å². The third-order valence-corrected chi connectivity index (χ3v) is 6.03. The molecule has 29 heavy (non-hydrogen) atoms. The highest BCUT2D eigenvalue weighted by molar-refractivity contribution is 9.10. The fraction of sp³-hybridized carbons (Fsp3) is 0.316. The van der Waals surface area contributed by atoms with E-state index in [0.717, 1.165) is 0 Å². The molecule has 7 nitrogen and oxygen atoms in total. The molecule has 3 rings (SSSR count). The van der Waals surface area contributed by atoms with Crippen LogP contribution in [0.2, 0.25) is 0 Å². The normalized spacial score (nSPS) is 13.2. The molecule has 0 atom stereocenters. The van der Waals surface area contributed by atoms with Crippen LogP contribution >= 0.6 is 15.9 Å². The standard InChI is InChI=1S/C19H19BrFNO6S/c20-14-4-3-13(16(21)10-14)12-28-19(23)2-1-7-22-29(24,25)15-5-6-17-18(11-15)27-9-8-26-17/h3-6,10-11,22H,1-2,7-9,12H2. The summed E-state index contributed by atoms with van der Waals surface area (Å²) in [6, 6.07) is 8.83. The van der Waals surface area contributed by atoms with Crippen molar-refractivity contribution in [2.24, 2.45) is 0 Å². The number of fused-ring (bicyclic) bond motifs is 1. The molecule has 0 bridgehead atoms. The van der Waals surface area contributed by atoms with Crippen molar-refractivity contribution < 1.29 is 31.8 Å². The van der Waals surface area contributed by atoms with Gasteiger partial charge in [0.15, 0.2) is 11.5 Å². The molecule has 0 aliphatic carbocycles. The fourth-order valence-corrected chi connectivity index (χ4v) is 4.00. The predicted molar refractivity (Wildman–Crippen MR) is 106 cm³/mol. The molecule has 0 saturated heterocycles. The summed E-state index contributed by atoms with van der Waals surface area (Å²) in [7, 11) is -3.75. The zero-order valence-electron chi connectivity index (χ0n) is 15.3. The van der Waals surface area contributed by atoms with Crippen LogP contribution in [0.5, 0.6) is 11.5 Å². The summed E-state index contributed by atoms with van der Waals surface area (Å²) in [5.74, 6) is -0.131. The zero-order chi connectivity index (χ0) is 20.9. The molecule has 0 aromatic heterocycles. The number of esters is 1. The first-order chi connectivity index (χ1) is 13.8. The van der Waals surface area contributed by atoms with Crippen molar-refractivity contribution in [2.45, 2.75) is 24.3 Å². The second kappa shape index (κ2) is 9.55. The van der Waals surface area contributed by atoms with E-state index in [1.165, 1.54) is 24.3 Å². The molecule has 0 radical (unpaired) electrons. The van der Waals surface area contributed by atoms with E-state index in [2.05, 4.69) is 20.7 Å². The summed E-state index contributed by atoms with van der Waals surface area (Å²) in [5.41, 5.74) is 0.265. The van der Waals surface area contributed by atoms with Gasteiger partial charge >= 0.3 is 5.97 Å². The second-order valence-corrected chi connectivity index (χ2v) is 8.89. The summed E-state index contributed by atoms with van der Waals surface area (Å²) in [6.45, 7) is 0.650. The Kier molecular flexibility index (Phi) is 7.09. The molecule has 2 aromatic carbocycles. The minimum Gasteiger partial charge on any atom is -0.486 e. The van der Waals surface area contributed by atoms with Crippen LogP contribution in [0, 0.1) is 5.82 Å². The summed E-state index contributed by atoms with van der Waals surface area (Å²) >= 11 is 3.15. The minimum atomic E-state index is -3.75. The van der Waals surface area contributed by atoms with Crippen molar-refractivity contribution in [1.82, 2.24) is 4.72 Å². The van der Waals surface area contributed by atoms with Crippen LogP contribution in [0.25, 0.3) is 0 Å². The van der Waals surface area contributed by atoms with Gasteiger partial charge in [0.25, 0.3) is 0 Å². The Hall–Kier alpha value is -2.17. The Morgan fingerprint density at radius 1 is 1.14 bits per heavy atom. The third-order valence-electron chi connectivity index (χ3n) is 4.08. The molecule has 156 valence electrons. The molecule has 0 unspecified atom stereocenters. The molecule has 0 fully saturated rings. The van der Waals surface area contributed by atoms with Gasteiger partial charge in [0.05, 0.1) is 4.90 Å². The van der Waals surface area contributed by atoms with Crippen LogP contribution in [-0.2, 0) is 26.2 Å². The maximum absolute atomic E-state index is 13.7. The molecule has 10 heteroatoms.